The Balaban J connectivity index is 1.99. The molecule has 0 radical (unpaired) electrons. The van der Waals surface area contributed by atoms with Gasteiger partial charge in [-0.05, 0) is 56.6 Å². The SMILES string of the molecule is CNC(c1cccc(F)c1)C1CCN(CCN)CC1. The first-order valence-corrected chi connectivity index (χ1v) is 7.09. The zero-order valence-corrected chi connectivity index (χ0v) is 11.6. The topological polar surface area (TPSA) is 41.3 Å². The average Bonchev–Trinajstić information content (AvgIpc) is 2.42. The number of nitrogens with one attached hydrogen (secondary N) is 1. The highest BCUT2D eigenvalue weighted by atomic mass is 19.1. The molecule has 3 nitrogen and oxygen atoms in total. The van der Waals surface area contributed by atoms with Crippen molar-refractivity contribution in [3.8, 4) is 0 Å². The molecule has 3 N–H and O–H groups in total. The molecular weight excluding hydrogens is 241 g/mol. The van der Waals surface area contributed by atoms with Gasteiger partial charge in [0.15, 0.2) is 0 Å². The van der Waals surface area contributed by atoms with E-state index in [1.165, 1.54) is 6.07 Å². The Kier molecular flexibility index (Phi) is 5.31. The molecule has 0 bridgehead atoms. The number of rotatable bonds is 5. The smallest absolute Gasteiger partial charge is 0.123 e. The number of benzene rings is 1. The minimum atomic E-state index is -0.154. The zero-order valence-electron chi connectivity index (χ0n) is 11.6. The van der Waals surface area contributed by atoms with Gasteiger partial charge in [-0.2, -0.15) is 0 Å². The highest BCUT2D eigenvalue weighted by molar-refractivity contribution is 5.21. The lowest BCUT2D eigenvalue weighted by molar-refractivity contribution is 0.164. The molecule has 1 aromatic carbocycles. The molecule has 0 aliphatic carbocycles. The Bertz CT molecular complexity index is 389. The predicted molar refractivity (Wildman–Crippen MR) is 76.4 cm³/mol. The molecule has 19 heavy (non-hydrogen) atoms. The monoisotopic (exact) mass is 265 g/mol. The Morgan fingerprint density at radius 3 is 2.74 bits per heavy atom. The van der Waals surface area contributed by atoms with Gasteiger partial charge in [0.2, 0.25) is 0 Å². The van der Waals surface area contributed by atoms with Crippen LogP contribution in [-0.2, 0) is 0 Å². The lowest BCUT2D eigenvalue weighted by atomic mass is 9.85. The standard InChI is InChI=1S/C15H24FN3/c1-18-15(13-3-2-4-14(16)11-13)12-5-8-19(9-6-12)10-7-17/h2-4,11-12,15,18H,5-10,17H2,1H3. The highest BCUT2D eigenvalue weighted by Gasteiger charge is 2.26. The molecule has 0 amide bonds. The summed E-state index contributed by atoms with van der Waals surface area (Å²) in [6, 6.07) is 7.19. The number of hydrogen-bond donors (Lipinski definition) is 2. The molecule has 1 fully saturated rings. The predicted octanol–water partition coefficient (Wildman–Crippen LogP) is 1.76. The molecule has 1 atom stereocenters. The minimum absolute atomic E-state index is 0.154. The van der Waals surface area contributed by atoms with Crippen molar-refractivity contribution >= 4 is 0 Å². The quantitative estimate of drug-likeness (QED) is 0.852. The third-order valence-corrected chi connectivity index (χ3v) is 4.07. The average molecular weight is 265 g/mol. The second-order valence-corrected chi connectivity index (χ2v) is 5.29. The van der Waals surface area contributed by atoms with E-state index in [4.69, 9.17) is 5.73 Å². The van der Waals surface area contributed by atoms with Crippen LogP contribution in [0.2, 0.25) is 0 Å². The fourth-order valence-electron chi connectivity index (χ4n) is 3.07. The van der Waals surface area contributed by atoms with Crippen molar-refractivity contribution in [2.75, 3.05) is 33.2 Å². The molecule has 0 aromatic heterocycles. The van der Waals surface area contributed by atoms with Crippen LogP contribution in [0.1, 0.15) is 24.4 Å². The van der Waals surface area contributed by atoms with E-state index in [1.807, 2.05) is 13.1 Å². The van der Waals surface area contributed by atoms with Crippen LogP contribution in [0.15, 0.2) is 24.3 Å². The first-order chi connectivity index (χ1) is 9.24. The van der Waals surface area contributed by atoms with E-state index in [0.29, 0.717) is 5.92 Å². The van der Waals surface area contributed by atoms with E-state index in [9.17, 15) is 4.39 Å². The van der Waals surface area contributed by atoms with Gasteiger partial charge in [0.1, 0.15) is 5.82 Å². The molecular formula is C15H24FN3. The molecule has 0 saturated carbocycles. The number of likely N-dealkylation sites (tertiary alicyclic amines) is 1. The van der Waals surface area contributed by atoms with Gasteiger partial charge in [0.25, 0.3) is 0 Å². The van der Waals surface area contributed by atoms with Crippen LogP contribution < -0.4 is 11.1 Å². The first-order valence-electron chi connectivity index (χ1n) is 7.09. The minimum Gasteiger partial charge on any atom is -0.329 e. The summed E-state index contributed by atoms with van der Waals surface area (Å²) in [6.45, 7) is 3.89. The Hall–Kier alpha value is -0.970. The largest absolute Gasteiger partial charge is 0.329 e. The summed E-state index contributed by atoms with van der Waals surface area (Å²) in [5, 5.41) is 3.35. The van der Waals surface area contributed by atoms with Crippen LogP contribution in [0.5, 0.6) is 0 Å². The van der Waals surface area contributed by atoms with Crippen molar-refractivity contribution in [1.82, 2.24) is 10.2 Å². The van der Waals surface area contributed by atoms with Crippen molar-refractivity contribution in [2.24, 2.45) is 11.7 Å². The van der Waals surface area contributed by atoms with Crippen molar-refractivity contribution in [3.05, 3.63) is 35.6 Å². The number of nitrogens with two attached hydrogens (primary N) is 1. The van der Waals surface area contributed by atoms with E-state index >= 15 is 0 Å². The molecule has 1 aliphatic heterocycles. The second-order valence-electron chi connectivity index (χ2n) is 5.29. The van der Waals surface area contributed by atoms with Crippen LogP contribution in [0.3, 0.4) is 0 Å². The summed E-state index contributed by atoms with van der Waals surface area (Å²) in [6.07, 6.45) is 2.28. The van der Waals surface area contributed by atoms with Crippen LogP contribution in [0, 0.1) is 11.7 Å². The van der Waals surface area contributed by atoms with Crippen molar-refractivity contribution in [3.63, 3.8) is 0 Å². The molecule has 0 spiro atoms. The molecule has 1 unspecified atom stereocenters. The molecule has 1 aliphatic rings. The summed E-state index contributed by atoms with van der Waals surface area (Å²) in [4.78, 5) is 2.41. The number of nitrogens with zero attached hydrogens (tertiary/aromatic N) is 1. The first kappa shape index (κ1) is 14.4. The van der Waals surface area contributed by atoms with Gasteiger partial charge < -0.3 is 16.0 Å². The highest BCUT2D eigenvalue weighted by Crippen LogP contribution is 2.30. The van der Waals surface area contributed by atoms with Gasteiger partial charge in [-0.15, -0.1) is 0 Å². The fraction of sp³-hybridized carbons (Fsp3) is 0.600. The third-order valence-electron chi connectivity index (χ3n) is 4.07. The van der Waals surface area contributed by atoms with Gasteiger partial charge in [-0.3, -0.25) is 0 Å². The summed E-state index contributed by atoms with van der Waals surface area (Å²) in [7, 11) is 1.96. The summed E-state index contributed by atoms with van der Waals surface area (Å²) in [5.41, 5.74) is 6.65. The Morgan fingerprint density at radius 2 is 2.16 bits per heavy atom. The molecule has 1 saturated heterocycles. The van der Waals surface area contributed by atoms with Gasteiger partial charge in [0, 0.05) is 19.1 Å². The van der Waals surface area contributed by atoms with Gasteiger partial charge in [-0.1, -0.05) is 12.1 Å². The lowest BCUT2D eigenvalue weighted by Crippen LogP contribution is -2.40. The van der Waals surface area contributed by atoms with E-state index in [2.05, 4.69) is 10.2 Å². The van der Waals surface area contributed by atoms with Crippen LogP contribution >= 0.6 is 0 Å². The van der Waals surface area contributed by atoms with Crippen LogP contribution in [-0.4, -0.2) is 38.1 Å². The Morgan fingerprint density at radius 1 is 1.42 bits per heavy atom. The summed E-state index contributed by atoms with van der Waals surface area (Å²) < 4.78 is 13.3. The molecule has 1 aromatic rings. The van der Waals surface area contributed by atoms with Crippen molar-refractivity contribution < 1.29 is 4.39 Å². The maximum Gasteiger partial charge on any atom is 0.123 e. The molecule has 4 heteroatoms. The Labute approximate surface area is 115 Å². The van der Waals surface area contributed by atoms with Crippen molar-refractivity contribution in [1.29, 1.82) is 0 Å². The summed E-state index contributed by atoms with van der Waals surface area (Å²) in [5.74, 6) is 0.416. The number of hydrogen-bond acceptors (Lipinski definition) is 3. The van der Waals surface area contributed by atoms with Crippen molar-refractivity contribution in [2.45, 2.75) is 18.9 Å². The van der Waals surface area contributed by atoms with Gasteiger partial charge >= 0.3 is 0 Å². The number of halogens is 1. The number of piperidine rings is 1. The second kappa shape index (κ2) is 6.98. The zero-order chi connectivity index (χ0) is 13.7. The van der Waals surface area contributed by atoms with Crippen LogP contribution in [0.4, 0.5) is 4.39 Å². The van der Waals surface area contributed by atoms with E-state index in [0.717, 1.165) is 44.6 Å². The maximum atomic E-state index is 13.3. The molecule has 2 rings (SSSR count). The fourth-order valence-corrected chi connectivity index (χ4v) is 3.07. The third kappa shape index (κ3) is 3.75. The van der Waals surface area contributed by atoms with Gasteiger partial charge in [-0.25, -0.2) is 4.39 Å². The van der Waals surface area contributed by atoms with Gasteiger partial charge in [0.05, 0.1) is 0 Å². The van der Waals surface area contributed by atoms with Crippen LogP contribution in [0.25, 0.3) is 0 Å². The molecule has 106 valence electrons. The summed E-state index contributed by atoms with van der Waals surface area (Å²) >= 11 is 0. The van der Waals surface area contributed by atoms with E-state index in [1.54, 1.807) is 12.1 Å². The lowest BCUT2D eigenvalue weighted by Gasteiger charge is -2.36. The maximum absolute atomic E-state index is 13.3. The van der Waals surface area contributed by atoms with E-state index in [-0.39, 0.29) is 11.9 Å². The normalized spacial score (nSPS) is 19.5. The van der Waals surface area contributed by atoms with E-state index < -0.39 is 0 Å². The molecule has 1 heterocycles.